The van der Waals surface area contributed by atoms with E-state index < -0.39 is 0 Å². The molecule has 30 heavy (non-hydrogen) atoms. The Balaban J connectivity index is 0.00000160. The molecule has 1 saturated heterocycles. The lowest BCUT2D eigenvalue weighted by atomic mass is 9.89. The quantitative estimate of drug-likeness (QED) is 0.553. The molecular weight excluding hydrogens is 443 g/mol. The van der Waals surface area contributed by atoms with E-state index in [1.807, 2.05) is 47.0 Å². The predicted octanol–water partition coefficient (Wildman–Crippen LogP) is 3.96. The number of imidazole rings is 1. The zero-order valence-electron chi connectivity index (χ0n) is 16.6. The molecule has 1 aromatic carbocycles. The van der Waals surface area contributed by atoms with Crippen molar-refractivity contribution in [3.63, 3.8) is 0 Å². The summed E-state index contributed by atoms with van der Waals surface area (Å²) in [5.74, 6) is 2.26. The number of likely N-dealkylation sites (tertiary alicyclic amines) is 1. The number of aromatic nitrogens is 2. The van der Waals surface area contributed by atoms with Crippen LogP contribution in [-0.4, -0.2) is 40.0 Å². The van der Waals surface area contributed by atoms with Crippen molar-refractivity contribution in [2.45, 2.75) is 16.8 Å². The number of benzene rings is 1. The van der Waals surface area contributed by atoms with Crippen LogP contribution in [0.4, 0.5) is 0 Å². The van der Waals surface area contributed by atoms with Gasteiger partial charge in [-0.05, 0) is 30.2 Å². The zero-order valence-corrected chi connectivity index (χ0v) is 19.1. The highest BCUT2D eigenvalue weighted by Crippen LogP contribution is 2.33. The largest absolute Gasteiger partial charge is 0.455 e. The molecule has 4 rings (SSSR count). The molecule has 1 amide bonds. The molecule has 0 unspecified atom stereocenters. The summed E-state index contributed by atoms with van der Waals surface area (Å²) in [5, 5.41) is 0.917. The lowest BCUT2D eigenvalue weighted by Crippen LogP contribution is -2.29. The van der Waals surface area contributed by atoms with Crippen LogP contribution in [0.25, 0.3) is 0 Å². The SMILES string of the molecule is Cl.Cl.Cn1ccnc1SCc1ccc(C(=O)N2C[C@@H](CN)[C@H](c3ccccc3)C2)o1. The van der Waals surface area contributed by atoms with Gasteiger partial charge in [-0.15, -0.1) is 24.8 Å². The summed E-state index contributed by atoms with van der Waals surface area (Å²) in [5.41, 5.74) is 7.23. The molecule has 0 spiro atoms. The van der Waals surface area contributed by atoms with Gasteiger partial charge in [-0.25, -0.2) is 4.98 Å². The van der Waals surface area contributed by atoms with Crippen LogP contribution in [0.5, 0.6) is 0 Å². The van der Waals surface area contributed by atoms with Gasteiger partial charge in [0.1, 0.15) is 5.76 Å². The fourth-order valence-electron chi connectivity index (χ4n) is 3.71. The molecule has 2 N–H and O–H groups in total. The minimum Gasteiger partial charge on any atom is -0.455 e. The van der Waals surface area contributed by atoms with Gasteiger partial charge in [-0.1, -0.05) is 42.1 Å². The van der Waals surface area contributed by atoms with E-state index in [1.54, 1.807) is 24.0 Å². The van der Waals surface area contributed by atoms with Crippen molar-refractivity contribution in [1.82, 2.24) is 14.5 Å². The molecule has 1 aliphatic rings. The van der Waals surface area contributed by atoms with E-state index in [1.165, 1.54) is 5.56 Å². The Kier molecular flexibility index (Phi) is 8.85. The third-order valence-electron chi connectivity index (χ3n) is 5.25. The van der Waals surface area contributed by atoms with E-state index in [0.29, 0.717) is 31.1 Å². The molecule has 3 aromatic rings. The van der Waals surface area contributed by atoms with Gasteiger partial charge in [0.25, 0.3) is 5.91 Å². The van der Waals surface area contributed by atoms with Gasteiger partial charge in [0.2, 0.25) is 0 Å². The van der Waals surface area contributed by atoms with Gasteiger partial charge in [0, 0.05) is 38.4 Å². The van der Waals surface area contributed by atoms with Crippen molar-refractivity contribution in [1.29, 1.82) is 0 Å². The first-order valence-corrected chi connectivity index (χ1v) is 10.4. The number of amides is 1. The number of thioether (sulfide) groups is 1. The first-order chi connectivity index (χ1) is 13.7. The number of aryl methyl sites for hydroxylation is 1. The Morgan fingerprint density at radius 1 is 1.20 bits per heavy atom. The Labute approximate surface area is 193 Å². The average Bonchev–Trinajstić information content (AvgIpc) is 3.46. The van der Waals surface area contributed by atoms with Gasteiger partial charge in [0.15, 0.2) is 10.9 Å². The molecule has 162 valence electrons. The van der Waals surface area contributed by atoms with E-state index in [9.17, 15) is 4.79 Å². The predicted molar refractivity (Wildman–Crippen MR) is 124 cm³/mol. The number of rotatable bonds is 6. The molecule has 9 heteroatoms. The third kappa shape index (κ3) is 5.21. The summed E-state index contributed by atoms with van der Waals surface area (Å²) < 4.78 is 7.78. The Morgan fingerprint density at radius 2 is 1.97 bits per heavy atom. The van der Waals surface area contributed by atoms with Crippen molar-refractivity contribution in [2.24, 2.45) is 18.7 Å². The van der Waals surface area contributed by atoms with Crippen molar-refractivity contribution in [2.75, 3.05) is 19.6 Å². The first-order valence-electron chi connectivity index (χ1n) is 9.39. The zero-order chi connectivity index (χ0) is 19.5. The normalized spacial score (nSPS) is 18.0. The van der Waals surface area contributed by atoms with Gasteiger partial charge < -0.3 is 19.6 Å². The number of halogens is 2. The van der Waals surface area contributed by atoms with E-state index in [-0.39, 0.29) is 42.6 Å². The number of hydrogen-bond acceptors (Lipinski definition) is 5. The van der Waals surface area contributed by atoms with Crippen molar-refractivity contribution >= 4 is 42.5 Å². The molecule has 2 aromatic heterocycles. The maximum absolute atomic E-state index is 13.0. The molecular formula is C21H26Cl2N4O2S. The van der Waals surface area contributed by atoms with Crippen LogP contribution in [0.3, 0.4) is 0 Å². The van der Waals surface area contributed by atoms with Gasteiger partial charge in [-0.2, -0.15) is 0 Å². The van der Waals surface area contributed by atoms with E-state index in [4.69, 9.17) is 10.2 Å². The number of carbonyl (C=O) groups excluding carboxylic acids is 1. The second-order valence-corrected chi connectivity index (χ2v) is 8.04. The average molecular weight is 469 g/mol. The first kappa shape index (κ1) is 24.3. The minimum absolute atomic E-state index is 0. The second kappa shape index (κ2) is 10.9. The van der Waals surface area contributed by atoms with Crippen LogP contribution in [0.1, 0.15) is 27.8 Å². The Bertz CT molecular complexity index is 947. The van der Waals surface area contributed by atoms with Gasteiger partial charge in [-0.3, -0.25) is 4.79 Å². The Hall–Kier alpha value is -1.93. The molecule has 0 aliphatic carbocycles. The summed E-state index contributed by atoms with van der Waals surface area (Å²) in [4.78, 5) is 19.1. The van der Waals surface area contributed by atoms with E-state index in [2.05, 4.69) is 17.1 Å². The molecule has 2 atom stereocenters. The van der Waals surface area contributed by atoms with Crippen molar-refractivity contribution < 1.29 is 9.21 Å². The molecule has 1 fully saturated rings. The van der Waals surface area contributed by atoms with Crippen LogP contribution >= 0.6 is 36.6 Å². The second-order valence-electron chi connectivity index (χ2n) is 7.10. The summed E-state index contributed by atoms with van der Waals surface area (Å²) in [6.07, 6.45) is 3.67. The highest BCUT2D eigenvalue weighted by molar-refractivity contribution is 7.98. The Morgan fingerprint density at radius 3 is 2.63 bits per heavy atom. The summed E-state index contributed by atoms with van der Waals surface area (Å²) in [6, 6.07) is 13.9. The smallest absolute Gasteiger partial charge is 0.289 e. The maximum Gasteiger partial charge on any atom is 0.289 e. The topological polar surface area (TPSA) is 77.3 Å². The number of nitrogens with two attached hydrogens (primary N) is 1. The standard InChI is InChI=1S/C21H24N4O2S.2ClH/c1-24-10-9-23-21(24)28-14-17-7-8-19(27-17)20(26)25-12-16(11-22)18(13-25)15-5-3-2-4-6-15;;/h2-10,16,18H,11-14,22H2,1H3;2*1H/t16-,18+;;/m1../s1. The number of carbonyl (C=O) groups is 1. The van der Waals surface area contributed by atoms with Crippen LogP contribution in [0, 0.1) is 5.92 Å². The highest BCUT2D eigenvalue weighted by atomic mass is 35.5. The van der Waals surface area contributed by atoms with Gasteiger partial charge in [0.05, 0.1) is 5.75 Å². The maximum atomic E-state index is 13.0. The summed E-state index contributed by atoms with van der Waals surface area (Å²) in [6.45, 7) is 1.89. The highest BCUT2D eigenvalue weighted by Gasteiger charge is 2.36. The molecule has 0 radical (unpaired) electrons. The van der Waals surface area contributed by atoms with Gasteiger partial charge >= 0.3 is 0 Å². The van der Waals surface area contributed by atoms with Crippen LogP contribution in [0.2, 0.25) is 0 Å². The molecule has 0 saturated carbocycles. The lowest BCUT2D eigenvalue weighted by molar-refractivity contribution is 0.0753. The third-order valence-corrected chi connectivity index (χ3v) is 6.33. The van der Waals surface area contributed by atoms with E-state index in [0.717, 1.165) is 10.9 Å². The number of nitrogens with zero attached hydrogens (tertiary/aromatic N) is 3. The van der Waals surface area contributed by atoms with Crippen LogP contribution < -0.4 is 5.73 Å². The van der Waals surface area contributed by atoms with Crippen LogP contribution in [0.15, 0.2) is 64.4 Å². The van der Waals surface area contributed by atoms with Crippen LogP contribution in [-0.2, 0) is 12.8 Å². The molecule has 1 aliphatic heterocycles. The lowest BCUT2D eigenvalue weighted by Gasteiger charge is -2.16. The minimum atomic E-state index is -0.0647. The summed E-state index contributed by atoms with van der Waals surface area (Å²) >= 11 is 1.58. The molecule has 3 heterocycles. The fourth-order valence-corrected chi connectivity index (χ4v) is 4.53. The van der Waals surface area contributed by atoms with Crippen molar-refractivity contribution in [3.8, 4) is 0 Å². The van der Waals surface area contributed by atoms with E-state index >= 15 is 0 Å². The molecule has 0 bridgehead atoms. The molecule has 6 nitrogen and oxygen atoms in total. The summed E-state index contributed by atoms with van der Waals surface area (Å²) in [7, 11) is 1.96. The monoisotopic (exact) mass is 468 g/mol. The fraction of sp³-hybridized carbons (Fsp3) is 0.333. The number of hydrogen-bond donors (Lipinski definition) is 1. The number of furan rings is 1. The van der Waals surface area contributed by atoms with Crippen molar-refractivity contribution in [3.05, 3.63) is 71.9 Å².